The van der Waals surface area contributed by atoms with Crippen molar-refractivity contribution in [3.05, 3.63) is 41.5 Å². The second-order valence-electron chi connectivity index (χ2n) is 4.33. The Morgan fingerprint density at radius 3 is 2.94 bits per heavy atom. The van der Waals surface area contributed by atoms with Crippen LogP contribution in [-0.4, -0.2) is 10.1 Å². The Hall–Kier alpha value is -2.10. The minimum Gasteiger partial charge on any atom is -0.361 e. The van der Waals surface area contributed by atoms with Crippen molar-refractivity contribution in [3.63, 3.8) is 0 Å². The first kappa shape index (κ1) is 11.0. The van der Waals surface area contributed by atoms with Crippen LogP contribution in [0.2, 0.25) is 0 Å². The number of benzene rings is 1. The van der Waals surface area contributed by atoms with Crippen LogP contribution in [-0.2, 0) is 6.42 Å². The molecule has 2 aromatic heterocycles. The highest BCUT2D eigenvalue weighted by atomic mass is 19.1. The lowest BCUT2D eigenvalue weighted by atomic mass is 10.1. The monoisotopic (exact) mass is 244 g/mol. The van der Waals surface area contributed by atoms with E-state index in [1.165, 1.54) is 12.1 Å². The first-order chi connectivity index (χ1) is 8.69. The molecule has 0 saturated heterocycles. The fourth-order valence-corrected chi connectivity index (χ4v) is 2.24. The van der Waals surface area contributed by atoms with Crippen molar-refractivity contribution in [3.8, 4) is 11.3 Å². The van der Waals surface area contributed by atoms with E-state index in [1.807, 2.05) is 19.9 Å². The maximum Gasteiger partial charge on any atom is 0.143 e. The minimum atomic E-state index is -0.231. The van der Waals surface area contributed by atoms with Gasteiger partial charge in [0.25, 0.3) is 0 Å². The van der Waals surface area contributed by atoms with Gasteiger partial charge in [-0.1, -0.05) is 12.1 Å². The number of halogens is 1. The number of fused-ring (bicyclic) bond motifs is 1. The molecule has 0 unspecified atom stereocenters. The predicted octanol–water partition coefficient (Wildman–Crippen LogP) is 3.83. The topological polar surface area (TPSA) is 41.8 Å². The van der Waals surface area contributed by atoms with Crippen molar-refractivity contribution < 1.29 is 8.91 Å². The predicted molar refractivity (Wildman–Crippen MR) is 67.9 cm³/mol. The van der Waals surface area contributed by atoms with Gasteiger partial charge in [-0.15, -0.1) is 0 Å². The lowest BCUT2D eigenvalue weighted by molar-refractivity contribution is 0.391. The number of hydrogen-bond acceptors (Lipinski definition) is 2. The molecule has 0 aliphatic heterocycles. The molecule has 0 bridgehead atoms. The average molecular weight is 244 g/mol. The molecule has 0 fully saturated rings. The Balaban J connectivity index is 2.22. The van der Waals surface area contributed by atoms with E-state index in [0.29, 0.717) is 0 Å². The van der Waals surface area contributed by atoms with Gasteiger partial charge in [-0.3, -0.25) is 0 Å². The number of aryl methyl sites for hydroxylation is 2. The molecule has 4 heteroatoms. The van der Waals surface area contributed by atoms with Crippen LogP contribution in [0.5, 0.6) is 0 Å². The van der Waals surface area contributed by atoms with Gasteiger partial charge in [-0.05, 0) is 37.6 Å². The second-order valence-corrected chi connectivity index (χ2v) is 4.33. The van der Waals surface area contributed by atoms with Crippen LogP contribution < -0.4 is 0 Å². The molecular weight excluding hydrogens is 231 g/mol. The molecule has 0 aliphatic carbocycles. The van der Waals surface area contributed by atoms with Crippen LogP contribution in [0.4, 0.5) is 4.39 Å². The van der Waals surface area contributed by atoms with Crippen LogP contribution in [0.3, 0.4) is 0 Å². The molecule has 0 atom stereocenters. The van der Waals surface area contributed by atoms with Crippen molar-refractivity contribution in [2.45, 2.75) is 20.3 Å². The van der Waals surface area contributed by atoms with E-state index >= 15 is 0 Å². The molecule has 18 heavy (non-hydrogen) atoms. The summed E-state index contributed by atoms with van der Waals surface area (Å²) >= 11 is 0. The normalized spacial score (nSPS) is 11.3. The first-order valence-electron chi connectivity index (χ1n) is 5.93. The molecular formula is C14H13FN2O. The Labute approximate surface area is 104 Å². The van der Waals surface area contributed by atoms with Gasteiger partial charge in [0, 0.05) is 10.9 Å². The van der Waals surface area contributed by atoms with Crippen LogP contribution in [0, 0.1) is 12.7 Å². The number of H-pyrrole nitrogens is 1. The third kappa shape index (κ3) is 1.61. The zero-order valence-corrected chi connectivity index (χ0v) is 10.2. The number of nitrogens with zero attached hydrogens (tertiary/aromatic N) is 1. The average Bonchev–Trinajstić information content (AvgIpc) is 2.91. The third-order valence-electron chi connectivity index (χ3n) is 3.12. The molecule has 0 aliphatic rings. The number of rotatable bonds is 2. The van der Waals surface area contributed by atoms with Crippen molar-refractivity contribution in [2.24, 2.45) is 0 Å². The largest absolute Gasteiger partial charge is 0.361 e. The second kappa shape index (κ2) is 3.98. The number of aromatic nitrogens is 2. The molecule has 0 amide bonds. The first-order valence-corrected chi connectivity index (χ1v) is 5.93. The summed E-state index contributed by atoms with van der Waals surface area (Å²) < 4.78 is 18.4. The maximum atomic E-state index is 13.2. The van der Waals surface area contributed by atoms with E-state index in [9.17, 15) is 4.39 Å². The molecule has 92 valence electrons. The standard InChI is InChI=1S/C14H13FN2O/c1-3-11-14(8(2)18-17-11)13-7-9-6-10(15)4-5-12(9)16-13/h4-7,16H,3H2,1-2H3. The summed E-state index contributed by atoms with van der Waals surface area (Å²) in [5, 5.41) is 4.88. The minimum absolute atomic E-state index is 0.231. The number of hydrogen-bond donors (Lipinski definition) is 1. The van der Waals surface area contributed by atoms with Crippen LogP contribution in [0.25, 0.3) is 22.2 Å². The molecule has 0 spiro atoms. The van der Waals surface area contributed by atoms with E-state index in [-0.39, 0.29) is 5.82 Å². The Kier molecular flexibility index (Phi) is 2.44. The zero-order chi connectivity index (χ0) is 12.7. The van der Waals surface area contributed by atoms with Gasteiger partial charge in [-0.2, -0.15) is 0 Å². The van der Waals surface area contributed by atoms with Gasteiger partial charge in [0.2, 0.25) is 0 Å². The lowest BCUT2D eigenvalue weighted by Crippen LogP contribution is -1.85. The van der Waals surface area contributed by atoms with Gasteiger partial charge in [0.1, 0.15) is 11.6 Å². The number of aromatic amines is 1. The highest BCUT2D eigenvalue weighted by Gasteiger charge is 2.15. The molecule has 3 rings (SSSR count). The fourth-order valence-electron chi connectivity index (χ4n) is 2.24. The summed E-state index contributed by atoms with van der Waals surface area (Å²) in [5.41, 5.74) is 3.73. The van der Waals surface area contributed by atoms with E-state index in [1.54, 1.807) is 6.07 Å². The van der Waals surface area contributed by atoms with Crippen molar-refractivity contribution >= 4 is 10.9 Å². The molecule has 0 saturated carbocycles. The van der Waals surface area contributed by atoms with Gasteiger partial charge in [-0.25, -0.2) is 4.39 Å². The molecule has 1 N–H and O–H groups in total. The lowest BCUT2D eigenvalue weighted by Gasteiger charge is -1.96. The highest BCUT2D eigenvalue weighted by Crippen LogP contribution is 2.30. The highest BCUT2D eigenvalue weighted by molar-refractivity contribution is 5.86. The summed E-state index contributed by atoms with van der Waals surface area (Å²) in [7, 11) is 0. The van der Waals surface area contributed by atoms with Gasteiger partial charge in [0.15, 0.2) is 0 Å². The summed E-state index contributed by atoms with van der Waals surface area (Å²) in [5.74, 6) is 0.546. The number of nitrogens with one attached hydrogen (secondary N) is 1. The summed E-state index contributed by atoms with van der Waals surface area (Å²) in [6.45, 7) is 3.91. The smallest absolute Gasteiger partial charge is 0.143 e. The Bertz CT molecular complexity index is 712. The quantitative estimate of drug-likeness (QED) is 0.744. The van der Waals surface area contributed by atoms with E-state index in [4.69, 9.17) is 4.52 Å². The molecule has 1 aromatic carbocycles. The van der Waals surface area contributed by atoms with E-state index < -0.39 is 0 Å². The van der Waals surface area contributed by atoms with Crippen LogP contribution in [0.15, 0.2) is 28.8 Å². The van der Waals surface area contributed by atoms with Crippen molar-refractivity contribution in [1.82, 2.24) is 10.1 Å². The van der Waals surface area contributed by atoms with Crippen molar-refractivity contribution in [1.29, 1.82) is 0 Å². The molecule has 0 radical (unpaired) electrons. The van der Waals surface area contributed by atoms with Crippen LogP contribution in [0.1, 0.15) is 18.4 Å². The zero-order valence-electron chi connectivity index (χ0n) is 10.2. The van der Waals surface area contributed by atoms with Crippen LogP contribution >= 0.6 is 0 Å². The SMILES string of the molecule is CCc1noc(C)c1-c1cc2cc(F)ccc2[nH]1. The van der Waals surface area contributed by atoms with Gasteiger partial charge < -0.3 is 9.51 Å². The van der Waals surface area contributed by atoms with E-state index in [2.05, 4.69) is 10.1 Å². The maximum absolute atomic E-state index is 13.2. The third-order valence-corrected chi connectivity index (χ3v) is 3.12. The molecule has 3 nitrogen and oxygen atoms in total. The van der Waals surface area contributed by atoms with Crippen molar-refractivity contribution in [2.75, 3.05) is 0 Å². The Morgan fingerprint density at radius 2 is 2.17 bits per heavy atom. The summed E-state index contributed by atoms with van der Waals surface area (Å²) in [6.07, 6.45) is 0.802. The molecule has 2 heterocycles. The van der Waals surface area contributed by atoms with Gasteiger partial charge in [0.05, 0.1) is 17.0 Å². The fraction of sp³-hybridized carbons (Fsp3) is 0.214. The summed E-state index contributed by atoms with van der Waals surface area (Å²) in [4.78, 5) is 3.27. The Morgan fingerprint density at radius 1 is 1.33 bits per heavy atom. The molecule has 3 aromatic rings. The van der Waals surface area contributed by atoms with E-state index in [0.717, 1.165) is 40.0 Å². The summed E-state index contributed by atoms with van der Waals surface area (Å²) in [6, 6.07) is 6.63. The van der Waals surface area contributed by atoms with Gasteiger partial charge >= 0.3 is 0 Å².